The third kappa shape index (κ3) is 2.80. The molecule has 0 saturated carbocycles. The molecule has 2 fully saturated rings. The largest absolute Gasteiger partial charge is 0.389 e. The summed E-state index contributed by atoms with van der Waals surface area (Å²) in [6.07, 6.45) is 0.939. The lowest BCUT2D eigenvalue weighted by molar-refractivity contribution is -0.135. The van der Waals surface area contributed by atoms with E-state index in [-0.39, 0.29) is 43.0 Å². The number of hydrogen-bond donors (Lipinski definition) is 2. The van der Waals surface area contributed by atoms with Crippen LogP contribution in [0.1, 0.15) is 42.1 Å². The lowest BCUT2D eigenvalue weighted by Crippen LogP contribution is -2.59. The number of nitrogens with zero attached hydrogens (tertiary/aromatic N) is 3. The highest BCUT2D eigenvalue weighted by atomic mass is 19.3. The number of carbonyl (C=O) groups excluding carboxylic acids is 1. The molecule has 7 nitrogen and oxygen atoms in total. The van der Waals surface area contributed by atoms with Crippen LogP contribution in [0.15, 0.2) is 18.2 Å². The number of morpholine rings is 1. The number of aromatic nitrogens is 2. The Morgan fingerprint density at radius 2 is 2.09 bits per heavy atom. The minimum Gasteiger partial charge on any atom is -0.389 e. The molecular formula is C23H24F2N4O3. The van der Waals surface area contributed by atoms with Gasteiger partial charge in [0.25, 0.3) is 5.92 Å². The maximum absolute atomic E-state index is 14.7. The number of anilines is 1. The van der Waals surface area contributed by atoms with Gasteiger partial charge >= 0.3 is 0 Å². The third-order valence-corrected chi connectivity index (χ3v) is 7.40. The zero-order valence-corrected chi connectivity index (χ0v) is 17.7. The van der Waals surface area contributed by atoms with Crippen molar-refractivity contribution in [3.63, 3.8) is 0 Å². The van der Waals surface area contributed by atoms with Gasteiger partial charge in [0, 0.05) is 24.1 Å². The van der Waals surface area contributed by atoms with E-state index in [0.29, 0.717) is 24.4 Å². The van der Waals surface area contributed by atoms with Crippen molar-refractivity contribution < 1.29 is 23.4 Å². The first-order chi connectivity index (χ1) is 15.3. The number of nitrogens with one attached hydrogen (secondary N) is 1. The Balaban J connectivity index is 1.44. The molecule has 3 heterocycles. The summed E-state index contributed by atoms with van der Waals surface area (Å²) >= 11 is 0. The fourth-order valence-corrected chi connectivity index (χ4v) is 5.47. The first kappa shape index (κ1) is 20.0. The molecule has 2 aromatic rings. The van der Waals surface area contributed by atoms with Crippen LogP contribution < -0.4 is 10.2 Å². The van der Waals surface area contributed by atoms with Crippen LogP contribution in [-0.4, -0.2) is 52.9 Å². The molecule has 2 N–H and O–H groups in total. The molecular weight excluding hydrogens is 418 g/mol. The van der Waals surface area contributed by atoms with Crippen LogP contribution in [0.25, 0.3) is 11.3 Å². The predicted molar refractivity (Wildman–Crippen MR) is 111 cm³/mol. The number of β-amino-alcohol motifs (C(OH)–C–C–N with tert-alkyl or cyclic N) is 1. The molecule has 168 valence electrons. The number of halogens is 2. The van der Waals surface area contributed by atoms with Gasteiger partial charge < -0.3 is 20.1 Å². The smallest absolute Gasteiger partial charge is 0.290 e. The molecule has 6 rings (SSSR count). The zero-order chi connectivity index (χ0) is 22.3. The molecule has 0 bridgehead atoms. The van der Waals surface area contributed by atoms with Crippen LogP contribution in [0.2, 0.25) is 0 Å². The van der Waals surface area contributed by atoms with Gasteiger partial charge in [0.1, 0.15) is 12.3 Å². The monoisotopic (exact) mass is 442 g/mol. The van der Waals surface area contributed by atoms with Gasteiger partial charge in [0.2, 0.25) is 11.9 Å². The van der Waals surface area contributed by atoms with Gasteiger partial charge in [-0.3, -0.25) is 4.79 Å². The topological polar surface area (TPSA) is 87.6 Å². The molecule has 1 spiro atoms. The highest BCUT2D eigenvalue weighted by Gasteiger charge is 2.46. The van der Waals surface area contributed by atoms with Crippen molar-refractivity contribution in [2.75, 3.05) is 24.7 Å². The number of hydrogen-bond acceptors (Lipinski definition) is 6. The number of aliphatic hydroxyl groups excluding tert-OH is 1. The quantitative estimate of drug-likeness (QED) is 0.740. The molecule has 3 atom stereocenters. The van der Waals surface area contributed by atoms with Crippen molar-refractivity contribution in [2.24, 2.45) is 0 Å². The lowest BCUT2D eigenvalue weighted by Gasteiger charge is -2.43. The minimum atomic E-state index is -2.99. The average molecular weight is 442 g/mol. The van der Waals surface area contributed by atoms with E-state index in [1.807, 2.05) is 25.1 Å². The Hall–Kier alpha value is -2.65. The number of aliphatic hydroxyl groups is 1. The SMILES string of the molecule is C[C@H]1[C@H](O)CN1c1nc(-c2ccc3c(c2)CC[C@]32COCC(=O)N2)c2c(n1)C(F)(F)CC2. The Morgan fingerprint density at radius 1 is 1.25 bits per heavy atom. The normalized spacial score (nSPS) is 30.1. The van der Waals surface area contributed by atoms with Gasteiger partial charge in [0.05, 0.1) is 30.0 Å². The van der Waals surface area contributed by atoms with Crippen LogP contribution in [0.4, 0.5) is 14.7 Å². The van der Waals surface area contributed by atoms with Crippen molar-refractivity contribution >= 4 is 11.9 Å². The molecule has 9 heteroatoms. The molecule has 0 unspecified atom stereocenters. The number of alkyl halides is 2. The van der Waals surface area contributed by atoms with Crippen molar-refractivity contribution in [2.45, 2.75) is 56.2 Å². The molecule has 1 amide bonds. The van der Waals surface area contributed by atoms with Gasteiger partial charge in [-0.15, -0.1) is 0 Å². The van der Waals surface area contributed by atoms with Crippen LogP contribution in [0, 0.1) is 0 Å². The minimum absolute atomic E-state index is 0.0723. The number of ether oxygens (including phenoxy) is 1. The van der Waals surface area contributed by atoms with E-state index in [0.717, 1.165) is 29.5 Å². The average Bonchev–Trinajstić information content (AvgIpc) is 3.27. The van der Waals surface area contributed by atoms with Crippen molar-refractivity contribution in [3.05, 3.63) is 40.6 Å². The van der Waals surface area contributed by atoms with Gasteiger partial charge in [0.15, 0.2) is 0 Å². The van der Waals surface area contributed by atoms with Crippen molar-refractivity contribution in [1.82, 2.24) is 15.3 Å². The highest BCUT2D eigenvalue weighted by Crippen LogP contribution is 2.46. The Bertz CT molecular complexity index is 1140. The number of benzene rings is 1. The summed E-state index contributed by atoms with van der Waals surface area (Å²) in [6.45, 7) is 2.66. The van der Waals surface area contributed by atoms with Gasteiger partial charge in [-0.1, -0.05) is 12.1 Å². The van der Waals surface area contributed by atoms with Crippen molar-refractivity contribution in [1.29, 1.82) is 0 Å². The Morgan fingerprint density at radius 3 is 2.84 bits per heavy atom. The summed E-state index contributed by atoms with van der Waals surface area (Å²) < 4.78 is 34.8. The van der Waals surface area contributed by atoms with E-state index in [2.05, 4.69) is 10.3 Å². The molecule has 4 aliphatic rings. The predicted octanol–water partition coefficient (Wildman–Crippen LogP) is 2.04. The second kappa shape index (κ2) is 6.68. The number of carbonyl (C=O) groups is 1. The van der Waals surface area contributed by atoms with Gasteiger partial charge in [-0.25, -0.2) is 9.97 Å². The van der Waals surface area contributed by atoms with E-state index in [1.54, 1.807) is 4.90 Å². The fraction of sp³-hybridized carbons (Fsp3) is 0.522. The summed E-state index contributed by atoms with van der Waals surface area (Å²) in [4.78, 5) is 22.7. The summed E-state index contributed by atoms with van der Waals surface area (Å²) in [5.41, 5.74) is 3.17. The first-order valence-electron chi connectivity index (χ1n) is 11.0. The molecule has 32 heavy (non-hydrogen) atoms. The van der Waals surface area contributed by atoms with E-state index >= 15 is 0 Å². The van der Waals surface area contributed by atoms with Crippen LogP contribution in [-0.2, 0) is 33.8 Å². The first-order valence-corrected chi connectivity index (χ1v) is 11.0. The molecule has 1 aromatic carbocycles. The molecule has 2 aliphatic heterocycles. The van der Waals surface area contributed by atoms with Gasteiger partial charge in [-0.05, 0) is 43.4 Å². The number of aryl methyl sites for hydroxylation is 1. The van der Waals surface area contributed by atoms with Crippen LogP contribution in [0.3, 0.4) is 0 Å². The lowest BCUT2D eigenvalue weighted by atomic mass is 9.90. The molecule has 0 radical (unpaired) electrons. The summed E-state index contributed by atoms with van der Waals surface area (Å²) in [5.74, 6) is -2.87. The molecule has 2 saturated heterocycles. The van der Waals surface area contributed by atoms with Gasteiger partial charge in [-0.2, -0.15) is 8.78 Å². The summed E-state index contributed by atoms with van der Waals surface area (Å²) in [5, 5.41) is 13.0. The highest BCUT2D eigenvalue weighted by molar-refractivity contribution is 5.79. The van der Waals surface area contributed by atoms with Crippen molar-refractivity contribution in [3.8, 4) is 11.3 Å². The summed E-state index contributed by atoms with van der Waals surface area (Å²) in [6, 6.07) is 5.64. The van der Waals surface area contributed by atoms with Crippen LogP contribution in [0.5, 0.6) is 0 Å². The standard InChI is InChI=1S/C23H24F2N4O3/c1-12-17(30)9-29(12)21-26-19(15-5-7-23(24,25)20(15)27-21)14-2-3-16-13(8-14)4-6-22(16)11-32-10-18(31)28-22/h2-3,8,12,17,30H,4-7,9-11H2,1H3,(H,28,31)/t12-,17+,22-/m0/s1. The maximum atomic E-state index is 14.7. The number of amides is 1. The fourth-order valence-electron chi connectivity index (χ4n) is 5.47. The van der Waals surface area contributed by atoms with E-state index in [1.165, 1.54) is 0 Å². The van der Waals surface area contributed by atoms with E-state index < -0.39 is 17.6 Å². The zero-order valence-electron chi connectivity index (χ0n) is 17.7. The Kier molecular flexibility index (Phi) is 4.17. The number of rotatable bonds is 2. The summed E-state index contributed by atoms with van der Waals surface area (Å²) in [7, 11) is 0. The molecule has 1 aromatic heterocycles. The third-order valence-electron chi connectivity index (χ3n) is 7.40. The second-order valence-corrected chi connectivity index (χ2v) is 9.36. The molecule has 2 aliphatic carbocycles. The van der Waals surface area contributed by atoms with Crippen LogP contribution >= 0.6 is 0 Å². The van der Waals surface area contributed by atoms with E-state index in [4.69, 9.17) is 9.72 Å². The number of fused-ring (bicyclic) bond motifs is 3. The second-order valence-electron chi connectivity index (χ2n) is 9.36. The maximum Gasteiger partial charge on any atom is 0.290 e. The van der Waals surface area contributed by atoms with E-state index in [9.17, 15) is 18.7 Å². The Labute approximate surface area is 183 Å².